The van der Waals surface area contributed by atoms with Crippen molar-refractivity contribution in [3.05, 3.63) is 35.2 Å². The van der Waals surface area contributed by atoms with E-state index in [9.17, 15) is 9.59 Å². The van der Waals surface area contributed by atoms with Gasteiger partial charge in [0.15, 0.2) is 0 Å². The normalized spacial score (nSPS) is 16.4. The maximum Gasteiger partial charge on any atom is 0.242 e. The van der Waals surface area contributed by atoms with Crippen LogP contribution in [0.4, 0.5) is 0 Å². The minimum absolute atomic E-state index is 0.0809. The smallest absolute Gasteiger partial charge is 0.242 e. The zero-order chi connectivity index (χ0) is 14.8. The molecule has 4 nitrogen and oxygen atoms in total. The first-order valence-corrected chi connectivity index (χ1v) is 8.06. The summed E-state index contributed by atoms with van der Waals surface area (Å²) in [5.74, 6) is -0.00647. The summed E-state index contributed by atoms with van der Waals surface area (Å²) in [6, 6.07) is 7.90. The molecule has 21 heavy (non-hydrogen) atoms. The van der Waals surface area contributed by atoms with E-state index in [-0.39, 0.29) is 17.9 Å². The molecule has 1 aliphatic rings. The molecule has 1 saturated heterocycles. The number of hydrogen-bond donors (Lipinski definition) is 1. The SMILES string of the molecule is C[C@H](C(=O)NCc1ccc2sccc2c1)N1CCCC1=O. The summed E-state index contributed by atoms with van der Waals surface area (Å²) < 4.78 is 1.25. The molecule has 1 fully saturated rings. The van der Waals surface area contributed by atoms with Crippen molar-refractivity contribution in [2.24, 2.45) is 0 Å². The number of fused-ring (bicyclic) bond motifs is 1. The summed E-state index contributed by atoms with van der Waals surface area (Å²) in [6.07, 6.45) is 1.41. The second-order valence-corrected chi connectivity index (χ2v) is 6.32. The maximum atomic E-state index is 12.2. The average Bonchev–Trinajstić information content (AvgIpc) is 3.11. The average molecular weight is 302 g/mol. The summed E-state index contributed by atoms with van der Waals surface area (Å²) in [7, 11) is 0. The second kappa shape index (κ2) is 5.85. The van der Waals surface area contributed by atoms with Crippen LogP contribution in [0.2, 0.25) is 0 Å². The number of rotatable bonds is 4. The molecule has 5 heteroatoms. The Morgan fingerprint density at radius 3 is 3.05 bits per heavy atom. The van der Waals surface area contributed by atoms with Gasteiger partial charge in [-0.25, -0.2) is 0 Å². The zero-order valence-corrected chi connectivity index (χ0v) is 12.8. The van der Waals surface area contributed by atoms with Gasteiger partial charge in [-0.3, -0.25) is 9.59 Å². The van der Waals surface area contributed by atoms with Gasteiger partial charge in [0.25, 0.3) is 0 Å². The van der Waals surface area contributed by atoms with Crippen molar-refractivity contribution in [1.82, 2.24) is 10.2 Å². The van der Waals surface area contributed by atoms with E-state index in [2.05, 4.69) is 28.9 Å². The van der Waals surface area contributed by atoms with E-state index >= 15 is 0 Å². The number of likely N-dealkylation sites (tertiary alicyclic amines) is 1. The molecule has 0 radical (unpaired) electrons. The second-order valence-electron chi connectivity index (χ2n) is 5.38. The zero-order valence-electron chi connectivity index (χ0n) is 12.0. The maximum absolute atomic E-state index is 12.2. The van der Waals surface area contributed by atoms with E-state index in [1.807, 2.05) is 6.07 Å². The molecule has 1 aromatic carbocycles. The number of nitrogens with zero attached hydrogens (tertiary/aromatic N) is 1. The first kappa shape index (κ1) is 14.1. The fourth-order valence-electron chi connectivity index (χ4n) is 2.68. The first-order valence-electron chi connectivity index (χ1n) is 7.18. The first-order chi connectivity index (χ1) is 10.1. The molecule has 1 atom stereocenters. The van der Waals surface area contributed by atoms with Crippen molar-refractivity contribution in [1.29, 1.82) is 0 Å². The Morgan fingerprint density at radius 2 is 2.29 bits per heavy atom. The number of carbonyl (C=O) groups is 2. The Kier molecular flexibility index (Phi) is 3.92. The minimum atomic E-state index is -0.384. The Morgan fingerprint density at radius 1 is 1.43 bits per heavy atom. The third kappa shape index (κ3) is 2.93. The molecule has 0 unspecified atom stereocenters. The topological polar surface area (TPSA) is 49.4 Å². The highest BCUT2D eigenvalue weighted by molar-refractivity contribution is 7.17. The van der Waals surface area contributed by atoms with Gasteiger partial charge >= 0.3 is 0 Å². The van der Waals surface area contributed by atoms with Crippen LogP contribution in [0.5, 0.6) is 0 Å². The molecule has 0 saturated carbocycles. The quantitative estimate of drug-likeness (QED) is 0.943. The molecule has 2 heterocycles. The van der Waals surface area contributed by atoms with E-state index in [0.717, 1.165) is 12.0 Å². The van der Waals surface area contributed by atoms with Crippen molar-refractivity contribution in [3.8, 4) is 0 Å². The summed E-state index contributed by atoms with van der Waals surface area (Å²) in [5.41, 5.74) is 1.08. The lowest BCUT2D eigenvalue weighted by Crippen LogP contribution is -2.45. The van der Waals surface area contributed by atoms with Gasteiger partial charge in [-0.2, -0.15) is 0 Å². The molecule has 1 N–H and O–H groups in total. The Bertz CT molecular complexity index is 680. The molecular weight excluding hydrogens is 284 g/mol. The van der Waals surface area contributed by atoms with E-state index in [1.54, 1.807) is 23.2 Å². The third-order valence-electron chi connectivity index (χ3n) is 3.94. The molecule has 0 spiro atoms. The summed E-state index contributed by atoms with van der Waals surface area (Å²) in [4.78, 5) is 25.5. The fraction of sp³-hybridized carbons (Fsp3) is 0.375. The highest BCUT2D eigenvalue weighted by atomic mass is 32.1. The Balaban J connectivity index is 1.61. The third-order valence-corrected chi connectivity index (χ3v) is 4.84. The van der Waals surface area contributed by atoms with Crippen molar-refractivity contribution in [2.45, 2.75) is 32.4 Å². The number of amides is 2. The molecule has 110 valence electrons. The van der Waals surface area contributed by atoms with Crippen molar-refractivity contribution >= 4 is 33.2 Å². The van der Waals surface area contributed by atoms with Crippen LogP contribution >= 0.6 is 11.3 Å². The van der Waals surface area contributed by atoms with Gasteiger partial charge in [0.1, 0.15) is 6.04 Å². The number of carbonyl (C=O) groups excluding carboxylic acids is 2. The highest BCUT2D eigenvalue weighted by Gasteiger charge is 2.29. The van der Waals surface area contributed by atoms with Crippen molar-refractivity contribution in [2.75, 3.05) is 6.54 Å². The summed E-state index contributed by atoms with van der Waals surface area (Å²) in [6.45, 7) is 2.98. The largest absolute Gasteiger partial charge is 0.350 e. The lowest BCUT2D eigenvalue weighted by Gasteiger charge is -2.23. The molecule has 0 aliphatic carbocycles. The van der Waals surface area contributed by atoms with E-state index in [0.29, 0.717) is 19.5 Å². The van der Waals surface area contributed by atoms with Crippen LogP contribution in [0.15, 0.2) is 29.6 Å². The van der Waals surface area contributed by atoms with Crippen LogP contribution in [-0.4, -0.2) is 29.3 Å². The molecule has 0 bridgehead atoms. The molecular formula is C16H18N2O2S. The van der Waals surface area contributed by atoms with Gasteiger partial charge in [0, 0.05) is 24.2 Å². The van der Waals surface area contributed by atoms with Crippen LogP contribution in [0.3, 0.4) is 0 Å². The predicted octanol–water partition coefficient (Wildman–Crippen LogP) is 2.53. The lowest BCUT2D eigenvalue weighted by atomic mass is 10.1. The van der Waals surface area contributed by atoms with Crippen LogP contribution in [0, 0.1) is 0 Å². The van der Waals surface area contributed by atoms with Crippen LogP contribution in [0.25, 0.3) is 10.1 Å². The van der Waals surface area contributed by atoms with Crippen LogP contribution in [-0.2, 0) is 16.1 Å². The van der Waals surface area contributed by atoms with Crippen molar-refractivity contribution in [3.63, 3.8) is 0 Å². The number of thiophene rings is 1. The molecule has 2 amide bonds. The molecule has 1 aliphatic heterocycles. The van der Waals surface area contributed by atoms with Crippen LogP contribution in [0.1, 0.15) is 25.3 Å². The van der Waals surface area contributed by atoms with Gasteiger partial charge in [-0.1, -0.05) is 6.07 Å². The van der Waals surface area contributed by atoms with E-state index in [4.69, 9.17) is 0 Å². The van der Waals surface area contributed by atoms with E-state index < -0.39 is 0 Å². The van der Waals surface area contributed by atoms with Gasteiger partial charge < -0.3 is 10.2 Å². The van der Waals surface area contributed by atoms with Gasteiger partial charge in [0.2, 0.25) is 11.8 Å². The van der Waals surface area contributed by atoms with Gasteiger partial charge in [-0.05, 0) is 47.9 Å². The van der Waals surface area contributed by atoms with Crippen LogP contribution < -0.4 is 5.32 Å². The number of nitrogens with one attached hydrogen (secondary N) is 1. The number of benzene rings is 1. The predicted molar refractivity (Wildman–Crippen MR) is 84.1 cm³/mol. The Hall–Kier alpha value is -1.88. The minimum Gasteiger partial charge on any atom is -0.350 e. The van der Waals surface area contributed by atoms with Crippen molar-refractivity contribution < 1.29 is 9.59 Å². The highest BCUT2D eigenvalue weighted by Crippen LogP contribution is 2.21. The molecule has 2 aromatic rings. The Labute approximate surface area is 127 Å². The van der Waals surface area contributed by atoms with Gasteiger partial charge in [0.05, 0.1) is 0 Å². The fourth-order valence-corrected chi connectivity index (χ4v) is 3.45. The van der Waals surface area contributed by atoms with E-state index in [1.165, 1.54) is 10.1 Å². The number of hydrogen-bond acceptors (Lipinski definition) is 3. The molecule has 1 aromatic heterocycles. The van der Waals surface area contributed by atoms with Gasteiger partial charge in [-0.15, -0.1) is 11.3 Å². The monoisotopic (exact) mass is 302 g/mol. The summed E-state index contributed by atoms with van der Waals surface area (Å²) in [5, 5.41) is 6.19. The summed E-state index contributed by atoms with van der Waals surface area (Å²) >= 11 is 1.71. The molecule has 3 rings (SSSR count). The lowest BCUT2D eigenvalue weighted by molar-refractivity contribution is -0.136. The standard InChI is InChI=1S/C16H18N2O2S/c1-11(18-7-2-3-15(18)19)16(20)17-10-12-4-5-14-13(9-12)6-8-21-14/h4-6,8-9,11H,2-3,7,10H2,1H3,(H,17,20)/t11-/m1/s1.